The van der Waals surface area contributed by atoms with Crippen LogP contribution in [0.25, 0.3) is 10.9 Å². The highest BCUT2D eigenvalue weighted by molar-refractivity contribution is 5.93. The lowest BCUT2D eigenvalue weighted by molar-refractivity contribution is -0.383. The number of pyridine rings is 1. The van der Waals surface area contributed by atoms with Crippen LogP contribution in [0.2, 0.25) is 0 Å². The number of carbonyl (C=O) groups excluding carboxylic acids is 1. The Kier molecular flexibility index (Phi) is 5.03. The summed E-state index contributed by atoms with van der Waals surface area (Å²) in [5.74, 6) is -0.693. The van der Waals surface area contributed by atoms with Gasteiger partial charge >= 0.3 is 0 Å². The van der Waals surface area contributed by atoms with Gasteiger partial charge < -0.3 is 10.4 Å². The summed E-state index contributed by atoms with van der Waals surface area (Å²) in [6.07, 6.45) is 1.65. The van der Waals surface area contributed by atoms with E-state index in [1.165, 1.54) is 18.3 Å². The molecule has 0 unspecified atom stereocenters. The Labute approximate surface area is 155 Å². The van der Waals surface area contributed by atoms with Crippen molar-refractivity contribution in [2.75, 3.05) is 0 Å². The van der Waals surface area contributed by atoms with Gasteiger partial charge in [-0.05, 0) is 30.2 Å². The normalized spacial score (nSPS) is 11.9. The lowest BCUT2D eigenvalue weighted by Crippen LogP contribution is -2.29. The van der Waals surface area contributed by atoms with Gasteiger partial charge in [0.15, 0.2) is 0 Å². The van der Waals surface area contributed by atoms with Crippen molar-refractivity contribution in [3.8, 4) is 5.75 Å². The highest BCUT2D eigenvalue weighted by Gasteiger charge is 2.23. The Balaban J connectivity index is 2.26. The van der Waals surface area contributed by atoms with Crippen molar-refractivity contribution in [1.29, 1.82) is 0 Å². The van der Waals surface area contributed by atoms with Gasteiger partial charge in [-0.25, -0.2) is 0 Å². The van der Waals surface area contributed by atoms with E-state index >= 15 is 0 Å². The molecule has 1 atom stereocenters. The van der Waals surface area contributed by atoms with Crippen LogP contribution in [0.5, 0.6) is 5.75 Å². The number of non-ortho nitro benzene ring substituents is 1. The molecule has 0 aliphatic carbocycles. The SMILES string of the molecule is CCC(=O)N[C@H](c1ccc(C)cc1)c1cc([N+](=O)[O-])c2cccnc2c1[O-]. The van der Waals surface area contributed by atoms with Gasteiger partial charge in [0.25, 0.3) is 5.69 Å². The number of carbonyl (C=O) groups is 1. The van der Waals surface area contributed by atoms with Crippen LogP contribution in [0.4, 0.5) is 5.69 Å². The third-order valence-electron chi connectivity index (χ3n) is 4.40. The first kappa shape index (κ1) is 18.3. The van der Waals surface area contributed by atoms with E-state index in [0.717, 1.165) is 5.56 Å². The molecule has 0 saturated heterocycles. The summed E-state index contributed by atoms with van der Waals surface area (Å²) in [6.45, 7) is 3.62. The zero-order valence-electron chi connectivity index (χ0n) is 14.9. The molecule has 1 N–H and O–H groups in total. The number of nitrogens with zero attached hydrogens (tertiary/aromatic N) is 2. The second kappa shape index (κ2) is 7.41. The number of nitro benzene ring substituents is 1. The molecule has 1 heterocycles. The number of aromatic nitrogens is 1. The second-order valence-electron chi connectivity index (χ2n) is 6.24. The molecule has 7 heteroatoms. The molecule has 3 rings (SSSR count). The maximum atomic E-state index is 13.0. The largest absolute Gasteiger partial charge is 0.871 e. The van der Waals surface area contributed by atoms with E-state index in [4.69, 9.17) is 0 Å². The Morgan fingerprint density at radius 1 is 1.26 bits per heavy atom. The molecule has 138 valence electrons. The fraction of sp³-hybridized carbons (Fsp3) is 0.200. The van der Waals surface area contributed by atoms with Crippen LogP contribution in [0, 0.1) is 17.0 Å². The molecule has 0 bridgehead atoms. The maximum absolute atomic E-state index is 13.0. The predicted molar refractivity (Wildman–Crippen MR) is 99.3 cm³/mol. The summed E-state index contributed by atoms with van der Waals surface area (Å²) < 4.78 is 0. The van der Waals surface area contributed by atoms with E-state index in [-0.39, 0.29) is 34.5 Å². The van der Waals surface area contributed by atoms with Gasteiger partial charge in [-0.3, -0.25) is 19.9 Å². The lowest BCUT2D eigenvalue weighted by atomic mass is 9.94. The van der Waals surface area contributed by atoms with Crippen LogP contribution >= 0.6 is 0 Å². The van der Waals surface area contributed by atoms with E-state index < -0.39 is 16.7 Å². The number of benzene rings is 2. The summed E-state index contributed by atoms with van der Waals surface area (Å²) in [7, 11) is 0. The van der Waals surface area contributed by atoms with Gasteiger partial charge in [0.05, 0.1) is 21.9 Å². The Morgan fingerprint density at radius 2 is 1.96 bits per heavy atom. The molecular weight excluding hydrogens is 346 g/mol. The first-order valence-corrected chi connectivity index (χ1v) is 8.51. The number of rotatable bonds is 5. The van der Waals surface area contributed by atoms with E-state index in [1.807, 2.05) is 19.1 Å². The van der Waals surface area contributed by atoms with Crippen molar-refractivity contribution in [2.24, 2.45) is 0 Å². The number of amides is 1. The third-order valence-corrected chi connectivity index (χ3v) is 4.40. The Morgan fingerprint density at radius 3 is 2.59 bits per heavy atom. The van der Waals surface area contributed by atoms with Gasteiger partial charge in [0, 0.05) is 18.7 Å². The zero-order chi connectivity index (χ0) is 19.6. The Hall–Kier alpha value is -3.48. The van der Waals surface area contributed by atoms with Crippen LogP contribution in [0.1, 0.15) is 36.1 Å². The molecule has 0 aliphatic heterocycles. The summed E-state index contributed by atoms with van der Waals surface area (Å²) in [5.41, 5.74) is 1.62. The number of nitro groups is 1. The maximum Gasteiger partial charge on any atom is 0.279 e. The molecule has 0 fully saturated rings. The van der Waals surface area contributed by atoms with Crippen molar-refractivity contribution in [1.82, 2.24) is 10.3 Å². The minimum atomic E-state index is -0.796. The minimum Gasteiger partial charge on any atom is -0.871 e. The average Bonchev–Trinajstić information content (AvgIpc) is 2.67. The van der Waals surface area contributed by atoms with E-state index in [2.05, 4.69) is 10.3 Å². The molecule has 0 radical (unpaired) electrons. The standard InChI is InChI=1S/C20H19N3O4/c1-3-17(24)22-18(13-8-6-12(2)7-9-13)15-11-16(23(26)27)14-5-4-10-21-19(14)20(15)25/h4-11,18,25H,3H2,1-2H3,(H,22,24)/p-1/t18-/m1/s1. The smallest absolute Gasteiger partial charge is 0.279 e. The van der Waals surface area contributed by atoms with Crippen LogP contribution < -0.4 is 10.4 Å². The van der Waals surface area contributed by atoms with Gasteiger partial charge in [-0.15, -0.1) is 0 Å². The number of fused-ring (bicyclic) bond motifs is 1. The fourth-order valence-corrected chi connectivity index (χ4v) is 2.95. The summed E-state index contributed by atoms with van der Waals surface area (Å²) in [5, 5.41) is 27.5. The van der Waals surface area contributed by atoms with E-state index in [1.54, 1.807) is 25.1 Å². The molecular formula is C20H18N3O4-. The van der Waals surface area contributed by atoms with Crippen LogP contribution in [0.15, 0.2) is 48.7 Å². The van der Waals surface area contributed by atoms with Crippen LogP contribution in [-0.2, 0) is 4.79 Å². The van der Waals surface area contributed by atoms with E-state index in [9.17, 15) is 20.0 Å². The van der Waals surface area contributed by atoms with Crippen molar-refractivity contribution >= 4 is 22.5 Å². The van der Waals surface area contributed by atoms with Crippen LogP contribution in [0.3, 0.4) is 0 Å². The summed E-state index contributed by atoms with van der Waals surface area (Å²) >= 11 is 0. The molecule has 3 aromatic rings. The van der Waals surface area contributed by atoms with Gasteiger partial charge in [0.1, 0.15) is 0 Å². The molecule has 0 saturated carbocycles. The highest BCUT2D eigenvalue weighted by atomic mass is 16.6. The summed E-state index contributed by atoms with van der Waals surface area (Å²) in [4.78, 5) is 27.1. The quantitative estimate of drug-likeness (QED) is 0.553. The molecule has 1 aromatic heterocycles. The van der Waals surface area contributed by atoms with Crippen molar-refractivity contribution < 1.29 is 14.8 Å². The topological polar surface area (TPSA) is 108 Å². The monoisotopic (exact) mass is 364 g/mol. The molecule has 7 nitrogen and oxygen atoms in total. The van der Waals surface area contributed by atoms with Crippen molar-refractivity contribution in [3.63, 3.8) is 0 Å². The molecule has 0 aliphatic rings. The van der Waals surface area contributed by atoms with Gasteiger partial charge in [0.2, 0.25) is 5.91 Å². The van der Waals surface area contributed by atoms with Gasteiger partial charge in [-0.1, -0.05) is 42.5 Å². The summed E-state index contributed by atoms with van der Waals surface area (Å²) in [6, 6.07) is 10.8. The van der Waals surface area contributed by atoms with Crippen molar-refractivity contribution in [2.45, 2.75) is 26.3 Å². The molecule has 27 heavy (non-hydrogen) atoms. The number of hydrogen-bond acceptors (Lipinski definition) is 5. The van der Waals surface area contributed by atoms with Crippen molar-refractivity contribution in [3.05, 3.63) is 75.5 Å². The zero-order valence-corrected chi connectivity index (χ0v) is 14.9. The number of nitrogens with one attached hydrogen (secondary N) is 1. The lowest BCUT2D eigenvalue weighted by Gasteiger charge is -2.25. The molecule has 1 amide bonds. The van der Waals surface area contributed by atoms with E-state index in [0.29, 0.717) is 5.56 Å². The molecule has 0 spiro atoms. The second-order valence-corrected chi connectivity index (χ2v) is 6.24. The molecule has 2 aromatic carbocycles. The number of aryl methyl sites for hydroxylation is 1. The number of hydrogen-bond donors (Lipinski definition) is 1. The predicted octanol–water partition coefficient (Wildman–Crippen LogP) is 3.14. The Bertz CT molecular complexity index is 1020. The fourth-order valence-electron chi connectivity index (χ4n) is 2.95. The van der Waals surface area contributed by atoms with Gasteiger partial charge in [-0.2, -0.15) is 0 Å². The average molecular weight is 364 g/mol. The van der Waals surface area contributed by atoms with Crippen LogP contribution in [-0.4, -0.2) is 15.8 Å². The first-order valence-electron chi connectivity index (χ1n) is 8.51. The first-order chi connectivity index (χ1) is 12.9. The minimum absolute atomic E-state index is 0.0181. The third kappa shape index (κ3) is 3.57. The highest BCUT2D eigenvalue weighted by Crippen LogP contribution is 2.38.